The van der Waals surface area contributed by atoms with E-state index >= 15 is 0 Å². The van der Waals surface area contributed by atoms with Crippen molar-refractivity contribution in [2.45, 2.75) is 6.61 Å². The summed E-state index contributed by atoms with van der Waals surface area (Å²) in [4.78, 5) is 4.39. The van der Waals surface area contributed by atoms with Crippen LogP contribution in [0.1, 0.15) is 5.69 Å². The molecule has 1 aromatic heterocycles. The van der Waals surface area contributed by atoms with Crippen LogP contribution in [0, 0.1) is 11.5 Å². The standard InChI is InChI=1S/C14H15N5OS/c1-19-11(7-8-17-19)9-20-13-6-4-3-5-12(13)18-14(21-2)16-10-15/h3-8H,9H2,1-2H3,(H,16,18). The third kappa shape index (κ3) is 4.00. The van der Waals surface area contributed by atoms with E-state index in [1.54, 1.807) is 10.9 Å². The maximum Gasteiger partial charge on any atom is 0.183 e. The highest BCUT2D eigenvalue weighted by atomic mass is 32.2. The van der Waals surface area contributed by atoms with Crippen LogP contribution in [-0.2, 0) is 13.7 Å². The number of aliphatic imine (C=N–C) groups is 1. The van der Waals surface area contributed by atoms with E-state index in [1.165, 1.54) is 11.8 Å². The number of benzene rings is 1. The number of nitrogens with one attached hydrogen (secondary N) is 1. The summed E-state index contributed by atoms with van der Waals surface area (Å²) >= 11 is 1.36. The van der Waals surface area contributed by atoms with Crippen LogP contribution in [0.5, 0.6) is 5.75 Å². The van der Waals surface area contributed by atoms with Crippen LogP contribution in [0.4, 0.5) is 5.69 Å². The Kier molecular flexibility index (Phi) is 5.23. The van der Waals surface area contributed by atoms with Gasteiger partial charge in [-0.05, 0) is 24.5 Å². The van der Waals surface area contributed by atoms with E-state index in [0.29, 0.717) is 23.2 Å². The number of para-hydroxylation sites is 2. The van der Waals surface area contributed by atoms with Crippen LogP contribution < -0.4 is 10.1 Å². The predicted octanol–water partition coefficient (Wildman–Crippen LogP) is 2.42. The largest absolute Gasteiger partial charge is 0.485 e. The summed E-state index contributed by atoms with van der Waals surface area (Å²) in [7, 11) is 1.87. The molecule has 0 amide bonds. The summed E-state index contributed by atoms with van der Waals surface area (Å²) < 4.78 is 7.56. The maximum absolute atomic E-state index is 8.68. The van der Waals surface area contributed by atoms with E-state index in [2.05, 4.69) is 15.4 Å². The van der Waals surface area contributed by atoms with E-state index in [1.807, 2.05) is 49.8 Å². The lowest BCUT2D eigenvalue weighted by Gasteiger charge is -2.09. The van der Waals surface area contributed by atoms with Gasteiger partial charge < -0.3 is 4.74 Å². The van der Waals surface area contributed by atoms with Crippen molar-refractivity contribution >= 4 is 22.6 Å². The molecule has 108 valence electrons. The minimum absolute atomic E-state index is 0.406. The van der Waals surface area contributed by atoms with Gasteiger partial charge in [0.15, 0.2) is 11.4 Å². The number of hydrogen-bond donors (Lipinski definition) is 1. The second kappa shape index (κ2) is 7.36. The second-order valence-electron chi connectivity index (χ2n) is 4.06. The van der Waals surface area contributed by atoms with Crippen molar-refractivity contribution in [3.8, 4) is 11.9 Å². The predicted molar refractivity (Wildman–Crippen MR) is 83.3 cm³/mol. The Balaban J connectivity index is 2.17. The topological polar surface area (TPSA) is 75.2 Å². The van der Waals surface area contributed by atoms with Crippen molar-refractivity contribution in [3.05, 3.63) is 42.2 Å². The third-order valence-electron chi connectivity index (χ3n) is 2.74. The summed E-state index contributed by atoms with van der Waals surface area (Å²) in [5.41, 5.74) is 1.64. The maximum atomic E-state index is 8.68. The first-order chi connectivity index (χ1) is 10.2. The molecule has 2 aromatic rings. The van der Waals surface area contributed by atoms with Gasteiger partial charge in [-0.25, -0.2) is 4.99 Å². The Labute approximate surface area is 127 Å². The average molecular weight is 301 g/mol. The molecule has 1 heterocycles. The molecule has 0 radical (unpaired) electrons. The van der Waals surface area contributed by atoms with Crippen molar-refractivity contribution in [3.63, 3.8) is 0 Å². The van der Waals surface area contributed by atoms with Gasteiger partial charge in [-0.1, -0.05) is 23.9 Å². The van der Waals surface area contributed by atoms with Crippen LogP contribution in [0.3, 0.4) is 0 Å². The molecule has 0 saturated heterocycles. The zero-order valence-electron chi connectivity index (χ0n) is 11.8. The summed E-state index contributed by atoms with van der Waals surface area (Å²) in [5.74, 6) is 0.657. The van der Waals surface area contributed by atoms with Crippen LogP contribution in [0.25, 0.3) is 0 Å². The molecule has 2 rings (SSSR count). The number of aryl methyl sites for hydroxylation is 1. The van der Waals surface area contributed by atoms with Gasteiger partial charge in [0.1, 0.15) is 18.0 Å². The Morgan fingerprint density at radius 3 is 2.95 bits per heavy atom. The normalized spacial score (nSPS) is 11.0. The molecule has 0 aliphatic carbocycles. The number of rotatable bonds is 4. The molecule has 1 N–H and O–H groups in total. The fourth-order valence-electron chi connectivity index (χ4n) is 1.65. The number of nitrogens with zero attached hydrogens (tertiary/aromatic N) is 4. The minimum atomic E-state index is 0.406. The highest BCUT2D eigenvalue weighted by molar-refractivity contribution is 8.13. The molecule has 0 unspecified atom stereocenters. The highest BCUT2D eigenvalue weighted by Crippen LogP contribution is 2.28. The summed E-state index contributed by atoms with van der Waals surface area (Å²) in [6.07, 6.45) is 5.44. The number of nitriles is 1. The molecule has 21 heavy (non-hydrogen) atoms. The molecular weight excluding hydrogens is 286 g/mol. The van der Waals surface area contributed by atoms with Crippen LogP contribution in [-0.4, -0.2) is 21.2 Å². The molecule has 1 aromatic carbocycles. The van der Waals surface area contributed by atoms with Crippen molar-refractivity contribution < 1.29 is 4.74 Å². The number of hydrogen-bond acceptors (Lipinski definition) is 5. The van der Waals surface area contributed by atoms with Crippen LogP contribution in [0.15, 0.2) is 41.5 Å². The summed E-state index contributed by atoms with van der Waals surface area (Å²) in [6, 6.07) is 9.35. The van der Waals surface area contributed by atoms with E-state index in [9.17, 15) is 0 Å². The van der Waals surface area contributed by atoms with Gasteiger partial charge in [0.05, 0.1) is 5.69 Å². The Morgan fingerprint density at radius 2 is 2.29 bits per heavy atom. The van der Waals surface area contributed by atoms with Crippen LogP contribution in [0.2, 0.25) is 0 Å². The molecule has 0 atom stereocenters. The van der Waals surface area contributed by atoms with E-state index < -0.39 is 0 Å². The lowest BCUT2D eigenvalue weighted by atomic mass is 10.3. The molecular formula is C14H15N5OS. The Morgan fingerprint density at radius 1 is 1.48 bits per heavy atom. The highest BCUT2D eigenvalue weighted by Gasteiger charge is 2.06. The molecule has 7 heteroatoms. The monoisotopic (exact) mass is 301 g/mol. The average Bonchev–Trinajstić information content (AvgIpc) is 2.91. The summed E-state index contributed by atoms with van der Waals surface area (Å²) in [6.45, 7) is 0.406. The molecule has 6 nitrogen and oxygen atoms in total. The lowest BCUT2D eigenvalue weighted by molar-refractivity contribution is 0.296. The number of ether oxygens (including phenoxy) is 1. The van der Waals surface area contributed by atoms with Crippen molar-refractivity contribution in [1.29, 1.82) is 5.26 Å². The molecule has 0 aliphatic rings. The third-order valence-corrected chi connectivity index (χ3v) is 3.32. The van der Waals surface area contributed by atoms with E-state index in [0.717, 1.165) is 5.69 Å². The Bertz CT molecular complexity index is 674. The first-order valence-electron chi connectivity index (χ1n) is 6.21. The van der Waals surface area contributed by atoms with Gasteiger partial charge in [-0.15, -0.1) is 0 Å². The first kappa shape index (κ1) is 14.9. The lowest BCUT2D eigenvalue weighted by Crippen LogP contribution is -2.12. The fourth-order valence-corrected chi connectivity index (χ4v) is 1.99. The number of aromatic nitrogens is 2. The molecule has 0 saturated carbocycles. The molecule has 0 aliphatic heterocycles. The van der Waals surface area contributed by atoms with Crippen molar-refractivity contribution in [2.24, 2.45) is 12.0 Å². The second-order valence-corrected chi connectivity index (χ2v) is 4.86. The zero-order valence-corrected chi connectivity index (χ0v) is 12.6. The molecule has 0 spiro atoms. The fraction of sp³-hybridized carbons (Fsp3) is 0.214. The van der Waals surface area contributed by atoms with Crippen LogP contribution >= 0.6 is 11.8 Å². The van der Waals surface area contributed by atoms with E-state index in [4.69, 9.17) is 10.00 Å². The zero-order chi connectivity index (χ0) is 15.1. The number of amidine groups is 1. The summed E-state index contributed by atoms with van der Waals surface area (Å²) in [5, 5.41) is 15.8. The quantitative estimate of drug-likeness (QED) is 0.406. The van der Waals surface area contributed by atoms with Gasteiger partial charge in [0.2, 0.25) is 0 Å². The Hall–Kier alpha value is -2.46. The molecule has 0 bridgehead atoms. The van der Waals surface area contributed by atoms with Gasteiger partial charge >= 0.3 is 0 Å². The van der Waals surface area contributed by atoms with E-state index in [-0.39, 0.29) is 0 Å². The van der Waals surface area contributed by atoms with Crippen molar-refractivity contribution in [2.75, 3.05) is 6.26 Å². The minimum Gasteiger partial charge on any atom is -0.485 e. The van der Waals surface area contributed by atoms with Gasteiger partial charge in [0.25, 0.3) is 0 Å². The van der Waals surface area contributed by atoms with Crippen molar-refractivity contribution in [1.82, 2.24) is 15.1 Å². The smallest absolute Gasteiger partial charge is 0.183 e. The van der Waals surface area contributed by atoms with Gasteiger partial charge in [-0.2, -0.15) is 10.4 Å². The SMILES string of the molecule is CSC(=Nc1ccccc1OCc1ccnn1C)NC#N. The molecule has 0 fully saturated rings. The number of thioether (sulfide) groups is 1. The van der Waals surface area contributed by atoms with Gasteiger partial charge in [0, 0.05) is 13.2 Å². The van der Waals surface area contributed by atoms with Gasteiger partial charge in [-0.3, -0.25) is 10.00 Å². The first-order valence-corrected chi connectivity index (χ1v) is 7.43.